The van der Waals surface area contributed by atoms with Crippen molar-refractivity contribution in [1.29, 1.82) is 0 Å². The Morgan fingerprint density at radius 2 is 2.11 bits per heavy atom. The van der Waals surface area contributed by atoms with Gasteiger partial charge in [-0.1, -0.05) is 34.9 Å². The van der Waals surface area contributed by atoms with Crippen molar-refractivity contribution in [3.8, 4) is 0 Å². The standard InChI is InChI=1S/C10H9N3O2S3/c1-16-9-12-13-10(18-9)17-7-4-5(11)2-3-6(7)8(14)15/h2-4H,11H2,1H3,(H,14,15). The van der Waals surface area contributed by atoms with E-state index in [1.54, 1.807) is 12.1 Å². The maximum atomic E-state index is 11.1. The van der Waals surface area contributed by atoms with Gasteiger partial charge in [0.05, 0.1) is 5.56 Å². The SMILES string of the molecule is CSc1nnc(Sc2cc(N)ccc2C(=O)O)s1. The van der Waals surface area contributed by atoms with E-state index in [0.717, 1.165) is 4.34 Å². The van der Waals surface area contributed by atoms with Gasteiger partial charge in [-0.25, -0.2) is 4.79 Å². The van der Waals surface area contributed by atoms with Crippen LogP contribution in [0.5, 0.6) is 0 Å². The van der Waals surface area contributed by atoms with Gasteiger partial charge in [0.2, 0.25) is 0 Å². The smallest absolute Gasteiger partial charge is 0.336 e. The molecule has 1 heterocycles. The first-order valence-electron chi connectivity index (χ1n) is 4.78. The molecule has 0 atom stereocenters. The van der Waals surface area contributed by atoms with Crippen LogP contribution in [0.15, 0.2) is 31.8 Å². The third-order valence-electron chi connectivity index (χ3n) is 2.00. The molecule has 94 valence electrons. The first kappa shape index (κ1) is 13.2. The quantitative estimate of drug-likeness (QED) is 0.662. The fourth-order valence-electron chi connectivity index (χ4n) is 1.22. The number of carboxylic acids is 1. The van der Waals surface area contributed by atoms with Gasteiger partial charge >= 0.3 is 5.97 Å². The van der Waals surface area contributed by atoms with Crippen LogP contribution in [-0.2, 0) is 0 Å². The molecule has 0 aliphatic heterocycles. The lowest BCUT2D eigenvalue weighted by molar-refractivity contribution is 0.0693. The van der Waals surface area contributed by atoms with Crippen LogP contribution in [0.1, 0.15) is 10.4 Å². The van der Waals surface area contributed by atoms with Crippen LogP contribution in [0.3, 0.4) is 0 Å². The lowest BCUT2D eigenvalue weighted by atomic mass is 10.2. The average molecular weight is 299 g/mol. The second-order valence-corrected chi connectivity index (χ2v) is 6.52. The highest BCUT2D eigenvalue weighted by molar-refractivity contribution is 8.03. The van der Waals surface area contributed by atoms with Crippen molar-refractivity contribution in [3.05, 3.63) is 23.8 Å². The number of aromatic carboxylic acids is 1. The topological polar surface area (TPSA) is 89.1 Å². The summed E-state index contributed by atoms with van der Waals surface area (Å²) in [6, 6.07) is 4.70. The Morgan fingerprint density at radius 3 is 2.72 bits per heavy atom. The zero-order chi connectivity index (χ0) is 13.1. The van der Waals surface area contributed by atoms with Crippen LogP contribution in [-0.4, -0.2) is 27.5 Å². The molecule has 2 aromatic rings. The number of carbonyl (C=O) groups is 1. The summed E-state index contributed by atoms with van der Waals surface area (Å²) in [7, 11) is 0. The molecule has 0 unspecified atom stereocenters. The van der Waals surface area contributed by atoms with Crippen LogP contribution >= 0.6 is 34.9 Å². The molecule has 0 fully saturated rings. The second kappa shape index (κ2) is 5.59. The Balaban J connectivity index is 2.32. The zero-order valence-electron chi connectivity index (χ0n) is 9.28. The van der Waals surface area contributed by atoms with E-state index in [1.807, 2.05) is 6.26 Å². The predicted octanol–water partition coefficient (Wildman–Crippen LogP) is 2.69. The number of carboxylic acid groups (broad SMARTS) is 1. The molecule has 0 bridgehead atoms. The van der Waals surface area contributed by atoms with Crippen molar-refractivity contribution in [2.45, 2.75) is 13.6 Å². The molecule has 0 amide bonds. The number of rotatable bonds is 4. The monoisotopic (exact) mass is 299 g/mol. The van der Waals surface area contributed by atoms with Crippen molar-refractivity contribution >= 4 is 46.5 Å². The van der Waals surface area contributed by atoms with Gasteiger partial charge in [0.15, 0.2) is 8.68 Å². The van der Waals surface area contributed by atoms with E-state index < -0.39 is 5.97 Å². The normalized spacial score (nSPS) is 10.5. The van der Waals surface area contributed by atoms with E-state index in [1.165, 1.54) is 40.9 Å². The van der Waals surface area contributed by atoms with Gasteiger partial charge in [-0.05, 0) is 24.5 Å². The minimum absolute atomic E-state index is 0.218. The maximum absolute atomic E-state index is 11.1. The first-order valence-corrected chi connectivity index (χ1v) is 7.64. The van der Waals surface area contributed by atoms with Gasteiger partial charge in [0, 0.05) is 10.6 Å². The summed E-state index contributed by atoms with van der Waals surface area (Å²) in [5.41, 5.74) is 6.41. The van der Waals surface area contributed by atoms with Gasteiger partial charge in [-0.3, -0.25) is 0 Å². The second-order valence-electron chi connectivity index (χ2n) is 3.20. The summed E-state index contributed by atoms with van der Waals surface area (Å²) in [5.74, 6) is -0.980. The van der Waals surface area contributed by atoms with Crippen molar-refractivity contribution in [2.75, 3.05) is 12.0 Å². The number of aromatic nitrogens is 2. The number of benzene rings is 1. The van der Waals surface area contributed by atoms with Crippen molar-refractivity contribution in [1.82, 2.24) is 10.2 Å². The molecule has 1 aromatic carbocycles. The highest BCUT2D eigenvalue weighted by atomic mass is 32.2. The van der Waals surface area contributed by atoms with Crippen LogP contribution in [0.2, 0.25) is 0 Å². The van der Waals surface area contributed by atoms with E-state index in [2.05, 4.69) is 10.2 Å². The first-order chi connectivity index (χ1) is 8.60. The van der Waals surface area contributed by atoms with Crippen LogP contribution < -0.4 is 5.73 Å². The minimum Gasteiger partial charge on any atom is -0.478 e. The number of nitrogens with zero attached hydrogens (tertiary/aromatic N) is 2. The Bertz CT molecular complexity index is 585. The number of nitrogen functional groups attached to an aromatic ring is 1. The van der Waals surface area contributed by atoms with Gasteiger partial charge < -0.3 is 10.8 Å². The molecule has 0 spiro atoms. The lowest BCUT2D eigenvalue weighted by Crippen LogP contribution is -1.99. The highest BCUT2D eigenvalue weighted by Gasteiger charge is 2.14. The van der Waals surface area contributed by atoms with E-state index in [9.17, 15) is 4.79 Å². The predicted molar refractivity (Wildman–Crippen MR) is 73.6 cm³/mol. The molecule has 8 heteroatoms. The molecule has 2 rings (SSSR count). The molecule has 0 aliphatic rings. The molecular weight excluding hydrogens is 290 g/mol. The van der Waals surface area contributed by atoms with E-state index in [4.69, 9.17) is 10.8 Å². The number of hydrogen-bond acceptors (Lipinski definition) is 7. The molecular formula is C10H9N3O2S3. The molecule has 3 N–H and O–H groups in total. The Kier molecular flexibility index (Phi) is 4.10. The van der Waals surface area contributed by atoms with Crippen LogP contribution in [0.4, 0.5) is 5.69 Å². The average Bonchev–Trinajstić information content (AvgIpc) is 2.76. The summed E-state index contributed by atoms with van der Waals surface area (Å²) in [5, 5.41) is 17.0. The summed E-state index contributed by atoms with van der Waals surface area (Å²) < 4.78 is 1.55. The lowest BCUT2D eigenvalue weighted by Gasteiger charge is -2.04. The van der Waals surface area contributed by atoms with E-state index >= 15 is 0 Å². The molecule has 0 aliphatic carbocycles. The fraction of sp³-hybridized carbons (Fsp3) is 0.100. The van der Waals surface area contributed by atoms with E-state index in [-0.39, 0.29) is 5.56 Å². The molecule has 18 heavy (non-hydrogen) atoms. The number of thioether (sulfide) groups is 1. The number of anilines is 1. The Hall–Kier alpha value is -1.25. The van der Waals surface area contributed by atoms with Crippen LogP contribution in [0.25, 0.3) is 0 Å². The zero-order valence-corrected chi connectivity index (χ0v) is 11.7. The molecule has 1 aromatic heterocycles. The third kappa shape index (κ3) is 2.95. The molecule has 0 radical (unpaired) electrons. The van der Waals surface area contributed by atoms with E-state index in [0.29, 0.717) is 14.9 Å². The van der Waals surface area contributed by atoms with Crippen molar-refractivity contribution in [3.63, 3.8) is 0 Å². The van der Waals surface area contributed by atoms with Gasteiger partial charge in [-0.15, -0.1) is 10.2 Å². The number of nitrogens with two attached hydrogens (primary N) is 1. The van der Waals surface area contributed by atoms with Crippen molar-refractivity contribution in [2.24, 2.45) is 0 Å². The summed E-state index contributed by atoms with van der Waals surface area (Å²) in [6.45, 7) is 0. The third-order valence-corrected chi connectivity index (χ3v) is 5.00. The van der Waals surface area contributed by atoms with Gasteiger partial charge in [0.1, 0.15) is 0 Å². The van der Waals surface area contributed by atoms with Crippen molar-refractivity contribution < 1.29 is 9.90 Å². The Morgan fingerprint density at radius 1 is 1.39 bits per heavy atom. The van der Waals surface area contributed by atoms with Gasteiger partial charge in [-0.2, -0.15) is 0 Å². The molecule has 0 saturated carbocycles. The Labute approximate surface area is 116 Å². The largest absolute Gasteiger partial charge is 0.478 e. The van der Waals surface area contributed by atoms with Gasteiger partial charge in [0.25, 0.3) is 0 Å². The molecule has 0 saturated heterocycles. The van der Waals surface area contributed by atoms with Crippen LogP contribution in [0, 0.1) is 0 Å². The molecule has 5 nitrogen and oxygen atoms in total. The maximum Gasteiger partial charge on any atom is 0.336 e. The summed E-state index contributed by atoms with van der Waals surface area (Å²) >= 11 is 4.19. The fourth-order valence-corrected chi connectivity index (χ4v) is 3.78. The highest BCUT2D eigenvalue weighted by Crippen LogP contribution is 2.35. The number of hydrogen-bond donors (Lipinski definition) is 2. The summed E-state index contributed by atoms with van der Waals surface area (Å²) in [6.07, 6.45) is 1.91. The minimum atomic E-state index is -0.980. The summed E-state index contributed by atoms with van der Waals surface area (Å²) in [4.78, 5) is 11.7.